The number of nitrogens with one attached hydrogen (secondary N) is 2. The third-order valence-corrected chi connectivity index (χ3v) is 6.04. The number of benzene rings is 4. The molecule has 4 rings (SSSR count). The van der Waals surface area contributed by atoms with Crippen molar-refractivity contribution < 1.29 is 38.8 Å². The van der Waals surface area contributed by atoms with Gasteiger partial charge in [0, 0.05) is 12.1 Å². The Morgan fingerprint density at radius 3 is 1.27 bits per heavy atom. The number of hydrogen-bond acceptors (Lipinski definition) is 14. The first-order valence-corrected chi connectivity index (χ1v) is 13.4. The van der Waals surface area contributed by atoms with Crippen LogP contribution in [0, 0.1) is 40.5 Å². The van der Waals surface area contributed by atoms with Crippen LogP contribution in [-0.2, 0) is 9.59 Å². The number of hydrazone groups is 2. The van der Waals surface area contributed by atoms with Gasteiger partial charge >= 0.3 is 11.4 Å². The summed E-state index contributed by atoms with van der Waals surface area (Å²) < 4.78 is 11.0. The smallest absolute Gasteiger partial charge is 0.318 e. The summed E-state index contributed by atoms with van der Waals surface area (Å²) >= 11 is 0. The normalized spacial score (nSPS) is 10.8. The Morgan fingerprint density at radius 2 is 0.939 bits per heavy atom. The van der Waals surface area contributed by atoms with Crippen molar-refractivity contribution >= 4 is 47.0 Å². The molecular weight excluding hydrogens is 652 g/mol. The summed E-state index contributed by atoms with van der Waals surface area (Å²) in [4.78, 5) is 65.3. The monoisotopic (exact) mass is 672 g/mol. The number of nitro benzene ring substituents is 4. The summed E-state index contributed by atoms with van der Waals surface area (Å²) in [6, 6.07) is 17.8. The minimum Gasteiger partial charge on any atom is -0.450 e. The van der Waals surface area contributed by atoms with E-state index in [9.17, 15) is 50.0 Å². The van der Waals surface area contributed by atoms with E-state index < -0.39 is 60.7 Å². The van der Waals surface area contributed by atoms with Crippen molar-refractivity contribution in [2.24, 2.45) is 10.2 Å². The fourth-order valence-corrected chi connectivity index (χ4v) is 3.78. The first-order valence-electron chi connectivity index (χ1n) is 13.4. The molecule has 49 heavy (non-hydrogen) atoms. The topological polar surface area (TPSA) is 274 Å². The van der Waals surface area contributed by atoms with Crippen LogP contribution in [0.5, 0.6) is 23.0 Å². The molecule has 4 aromatic carbocycles. The van der Waals surface area contributed by atoms with Gasteiger partial charge in [0.25, 0.3) is 11.4 Å². The molecule has 0 spiro atoms. The lowest BCUT2D eigenvalue weighted by atomic mass is 10.2. The molecule has 0 radical (unpaired) electrons. The fourth-order valence-electron chi connectivity index (χ4n) is 3.78. The van der Waals surface area contributed by atoms with E-state index in [0.717, 1.165) is 36.4 Å². The highest BCUT2D eigenvalue weighted by Gasteiger charge is 2.22. The second-order valence-electron chi connectivity index (χ2n) is 9.44. The van der Waals surface area contributed by atoms with Crippen LogP contribution in [-0.4, -0.2) is 43.9 Å². The van der Waals surface area contributed by atoms with Gasteiger partial charge in [-0.15, -0.1) is 0 Å². The van der Waals surface area contributed by atoms with E-state index in [2.05, 4.69) is 21.1 Å². The Labute approximate surface area is 272 Å². The van der Waals surface area contributed by atoms with Gasteiger partial charge in [-0.2, -0.15) is 10.2 Å². The number of nitro groups is 4. The Bertz CT molecular complexity index is 1850. The maximum absolute atomic E-state index is 12.0. The van der Waals surface area contributed by atoms with Crippen LogP contribution in [0.3, 0.4) is 0 Å². The summed E-state index contributed by atoms with van der Waals surface area (Å²) in [7, 11) is 0. The average molecular weight is 673 g/mol. The molecule has 4 aromatic rings. The number of carbonyl (C=O) groups excluding carboxylic acids is 2. The van der Waals surface area contributed by atoms with Crippen molar-refractivity contribution in [2.45, 2.75) is 6.42 Å². The molecule has 20 nitrogen and oxygen atoms in total. The molecule has 0 fully saturated rings. The lowest BCUT2D eigenvalue weighted by molar-refractivity contribution is -0.394. The summed E-state index contributed by atoms with van der Waals surface area (Å²) in [5.74, 6) is -1.54. The third kappa shape index (κ3) is 9.67. The van der Waals surface area contributed by atoms with Gasteiger partial charge in [0.15, 0.2) is 0 Å². The second kappa shape index (κ2) is 15.6. The van der Waals surface area contributed by atoms with Crippen LogP contribution in [0.1, 0.15) is 17.5 Å². The van der Waals surface area contributed by atoms with E-state index >= 15 is 0 Å². The first kappa shape index (κ1) is 34.2. The highest BCUT2D eigenvalue weighted by Crippen LogP contribution is 2.35. The predicted octanol–water partition coefficient (Wildman–Crippen LogP) is 4.89. The lowest BCUT2D eigenvalue weighted by Gasteiger charge is -2.06. The van der Waals surface area contributed by atoms with Gasteiger partial charge in [0.1, 0.15) is 17.9 Å². The number of non-ortho nitro benzene ring substituents is 2. The molecule has 0 unspecified atom stereocenters. The van der Waals surface area contributed by atoms with Crippen LogP contribution in [0.25, 0.3) is 0 Å². The SMILES string of the molecule is O=C(CC(=O)N/N=C\c1ccc(Oc2ccc([N+](=O)[O-])cc2[N+](=O)[O-])cc1)N/N=C\c1ccc(Oc2ccc([N+](=O)[O-])cc2[N+](=O)[O-])cc1. The molecule has 0 bridgehead atoms. The van der Waals surface area contributed by atoms with Crippen LogP contribution in [0.4, 0.5) is 22.7 Å². The Hall–Kier alpha value is -7.64. The summed E-state index contributed by atoms with van der Waals surface area (Å²) in [6.45, 7) is 0. The standard InChI is InChI=1S/C29H20N8O12/c38-28(32-30-16-18-1-7-22(8-2-18)48-26-11-5-20(34(40)41)13-24(26)36(44)45)15-29(39)33-31-17-19-3-9-23(10-4-19)49-27-12-6-21(35(42)43)14-25(27)37(46)47/h1-14,16-17H,15H2,(H,32,38)(H,33,39)/b30-16-,31-17-. The molecule has 0 aliphatic rings. The van der Waals surface area contributed by atoms with Crippen LogP contribution < -0.4 is 20.3 Å². The van der Waals surface area contributed by atoms with E-state index in [0.29, 0.717) is 11.1 Å². The van der Waals surface area contributed by atoms with E-state index in [1.165, 1.54) is 61.0 Å². The van der Waals surface area contributed by atoms with Crippen LogP contribution in [0.15, 0.2) is 95.1 Å². The number of rotatable bonds is 14. The molecule has 20 heteroatoms. The molecule has 0 aliphatic heterocycles. The lowest BCUT2D eigenvalue weighted by Crippen LogP contribution is -2.27. The summed E-state index contributed by atoms with van der Waals surface area (Å²) in [6.07, 6.45) is 1.91. The average Bonchev–Trinajstić information content (AvgIpc) is 3.06. The van der Waals surface area contributed by atoms with Crippen LogP contribution in [0.2, 0.25) is 0 Å². The molecule has 0 heterocycles. The molecule has 0 saturated carbocycles. The minimum atomic E-state index is -0.804. The predicted molar refractivity (Wildman–Crippen MR) is 169 cm³/mol. The van der Waals surface area contributed by atoms with E-state index in [4.69, 9.17) is 9.47 Å². The van der Waals surface area contributed by atoms with E-state index in [-0.39, 0.29) is 23.0 Å². The van der Waals surface area contributed by atoms with Crippen molar-refractivity contribution in [2.75, 3.05) is 0 Å². The van der Waals surface area contributed by atoms with Crippen LogP contribution >= 0.6 is 0 Å². The van der Waals surface area contributed by atoms with E-state index in [1.54, 1.807) is 0 Å². The van der Waals surface area contributed by atoms with Gasteiger partial charge in [0.2, 0.25) is 23.3 Å². The van der Waals surface area contributed by atoms with Crippen molar-refractivity contribution in [1.29, 1.82) is 0 Å². The molecule has 0 saturated heterocycles. The van der Waals surface area contributed by atoms with Gasteiger partial charge in [-0.25, -0.2) is 10.9 Å². The fraction of sp³-hybridized carbons (Fsp3) is 0.0345. The summed E-state index contributed by atoms with van der Waals surface area (Å²) in [5.41, 5.74) is 3.22. The molecule has 0 aliphatic carbocycles. The van der Waals surface area contributed by atoms with Gasteiger partial charge in [-0.05, 0) is 71.8 Å². The number of carbonyl (C=O) groups is 2. The van der Waals surface area contributed by atoms with Crippen molar-refractivity contribution in [3.8, 4) is 23.0 Å². The zero-order valence-corrected chi connectivity index (χ0v) is 24.5. The molecule has 0 atom stereocenters. The maximum atomic E-state index is 12.0. The Kier molecular flexibility index (Phi) is 10.9. The first-order chi connectivity index (χ1) is 23.4. The molecule has 248 valence electrons. The van der Waals surface area contributed by atoms with Crippen molar-refractivity contribution in [3.63, 3.8) is 0 Å². The zero-order chi connectivity index (χ0) is 35.5. The quantitative estimate of drug-likeness (QED) is 0.0783. The van der Waals surface area contributed by atoms with Gasteiger partial charge < -0.3 is 9.47 Å². The van der Waals surface area contributed by atoms with Gasteiger partial charge in [0.05, 0.1) is 44.3 Å². The number of amides is 2. The molecule has 0 aromatic heterocycles. The third-order valence-electron chi connectivity index (χ3n) is 6.04. The Balaban J connectivity index is 1.23. The highest BCUT2D eigenvalue weighted by atomic mass is 16.6. The zero-order valence-electron chi connectivity index (χ0n) is 24.5. The van der Waals surface area contributed by atoms with Gasteiger partial charge in [-0.3, -0.25) is 50.0 Å². The maximum Gasteiger partial charge on any atom is 0.318 e. The molecule has 2 amide bonds. The number of nitrogens with zero attached hydrogens (tertiary/aromatic N) is 6. The molecule has 2 N–H and O–H groups in total. The summed E-state index contributed by atoms with van der Waals surface area (Å²) in [5, 5.41) is 51.8. The minimum absolute atomic E-state index is 0.188. The highest BCUT2D eigenvalue weighted by molar-refractivity contribution is 5.97. The second-order valence-corrected chi connectivity index (χ2v) is 9.44. The van der Waals surface area contributed by atoms with Crippen molar-refractivity contribution in [1.82, 2.24) is 10.9 Å². The number of hydrogen-bond donors (Lipinski definition) is 2. The number of ether oxygens (including phenoxy) is 2. The van der Waals surface area contributed by atoms with Crippen molar-refractivity contribution in [3.05, 3.63) is 137 Å². The molecular formula is C29H20N8O12. The largest absolute Gasteiger partial charge is 0.450 e. The Morgan fingerprint density at radius 1 is 0.571 bits per heavy atom. The van der Waals surface area contributed by atoms with E-state index in [1.807, 2.05) is 0 Å². The van der Waals surface area contributed by atoms with Gasteiger partial charge in [-0.1, -0.05) is 0 Å².